The van der Waals surface area contributed by atoms with Crippen LogP contribution >= 0.6 is 0 Å². The number of carbonyl (C=O) groups excluding carboxylic acids is 1. The van der Waals surface area contributed by atoms with Crippen LogP contribution in [0.15, 0.2) is 24.3 Å². The van der Waals surface area contributed by atoms with Gasteiger partial charge in [0.15, 0.2) is 0 Å². The third kappa shape index (κ3) is 4.71. The number of aryl methyl sites for hydroxylation is 1. The van der Waals surface area contributed by atoms with Gasteiger partial charge in [-0.05, 0) is 62.1 Å². The molecule has 0 saturated carbocycles. The molecule has 2 N–H and O–H groups in total. The second kappa shape index (κ2) is 7.82. The predicted molar refractivity (Wildman–Crippen MR) is 91.6 cm³/mol. The summed E-state index contributed by atoms with van der Waals surface area (Å²) in [5, 5.41) is 6.72. The van der Waals surface area contributed by atoms with E-state index < -0.39 is 0 Å². The first kappa shape index (κ1) is 16.3. The van der Waals surface area contributed by atoms with Gasteiger partial charge >= 0.3 is 0 Å². The molecule has 2 bridgehead atoms. The monoisotopic (exact) mass is 316 g/mol. The molecule has 126 valence electrons. The summed E-state index contributed by atoms with van der Waals surface area (Å²) in [4.78, 5) is 12.1. The van der Waals surface area contributed by atoms with E-state index in [4.69, 9.17) is 4.74 Å². The van der Waals surface area contributed by atoms with Gasteiger partial charge in [-0.3, -0.25) is 4.79 Å². The number of amides is 1. The van der Waals surface area contributed by atoms with Gasteiger partial charge in [-0.15, -0.1) is 0 Å². The number of fused-ring (bicyclic) bond motifs is 2. The van der Waals surface area contributed by atoms with Gasteiger partial charge in [0.25, 0.3) is 0 Å². The van der Waals surface area contributed by atoms with Crippen molar-refractivity contribution in [2.45, 2.75) is 57.0 Å². The quantitative estimate of drug-likeness (QED) is 0.760. The molecule has 0 aromatic heterocycles. The topological polar surface area (TPSA) is 50.4 Å². The van der Waals surface area contributed by atoms with Crippen LogP contribution in [0.25, 0.3) is 0 Å². The molecule has 4 nitrogen and oxygen atoms in total. The van der Waals surface area contributed by atoms with Gasteiger partial charge in [-0.25, -0.2) is 0 Å². The average molecular weight is 316 g/mol. The number of hydrogen-bond donors (Lipinski definition) is 2. The molecule has 1 amide bonds. The third-order valence-electron chi connectivity index (χ3n) is 5.17. The summed E-state index contributed by atoms with van der Waals surface area (Å²) in [7, 11) is 1.68. The van der Waals surface area contributed by atoms with Crippen LogP contribution in [0.3, 0.4) is 0 Å². The first-order valence-electron chi connectivity index (χ1n) is 8.88. The second-order valence-corrected chi connectivity index (χ2v) is 6.98. The highest BCUT2D eigenvalue weighted by atomic mass is 16.5. The lowest BCUT2D eigenvalue weighted by Gasteiger charge is -2.28. The summed E-state index contributed by atoms with van der Waals surface area (Å²) in [6.45, 7) is 0.767. The van der Waals surface area contributed by atoms with Crippen molar-refractivity contribution in [2.24, 2.45) is 5.92 Å². The minimum absolute atomic E-state index is 0.228. The second-order valence-electron chi connectivity index (χ2n) is 6.98. The minimum Gasteiger partial charge on any atom is -0.497 e. The van der Waals surface area contributed by atoms with Crippen LogP contribution in [-0.2, 0) is 11.2 Å². The van der Waals surface area contributed by atoms with Crippen molar-refractivity contribution in [2.75, 3.05) is 13.7 Å². The molecule has 2 fully saturated rings. The molecule has 4 heteroatoms. The van der Waals surface area contributed by atoms with E-state index in [1.54, 1.807) is 7.11 Å². The highest BCUT2D eigenvalue weighted by Crippen LogP contribution is 2.32. The van der Waals surface area contributed by atoms with Crippen molar-refractivity contribution >= 4 is 5.91 Å². The zero-order valence-corrected chi connectivity index (χ0v) is 14.0. The van der Waals surface area contributed by atoms with Crippen molar-refractivity contribution in [3.8, 4) is 5.75 Å². The van der Waals surface area contributed by atoms with E-state index in [-0.39, 0.29) is 5.91 Å². The summed E-state index contributed by atoms with van der Waals surface area (Å²) < 4.78 is 5.16. The number of carbonyl (C=O) groups is 1. The highest BCUT2D eigenvalue weighted by molar-refractivity contribution is 5.76. The van der Waals surface area contributed by atoms with E-state index in [0.717, 1.165) is 25.1 Å². The fourth-order valence-corrected chi connectivity index (χ4v) is 3.99. The molecule has 0 spiro atoms. The van der Waals surface area contributed by atoms with Gasteiger partial charge in [0.1, 0.15) is 5.75 Å². The normalized spacial score (nSPS) is 26.0. The summed E-state index contributed by atoms with van der Waals surface area (Å²) in [5.41, 5.74) is 1.29. The zero-order valence-electron chi connectivity index (χ0n) is 14.0. The van der Waals surface area contributed by atoms with Gasteiger partial charge in [0, 0.05) is 25.0 Å². The third-order valence-corrected chi connectivity index (χ3v) is 5.17. The maximum absolute atomic E-state index is 12.1. The smallest absolute Gasteiger partial charge is 0.220 e. The molecule has 23 heavy (non-hydrogen) atoms. The van der Waals surface area contributed by atoms with E-state index in [2.05, 4.69) is 22.8 Å². The summed E-state index contributed by atoms with van der Waals surface area (Å²) in [6, 6.07) is 9.48. The van der Waals surface area contributed by atoms with E-state index >= 15 is 0 Å². The molecule has 2 unspecified atom stereocenters. The van der Waals surface area contributed by atoms with Gasteiger partial charge in [-0.2, -0.15) is 0 Å². The Morgan fingerprint density at radius 3 is 2.57 bits per heavy atom. The fourth-order valence-electron chi connectivity index (χ4n) is 3.99. The van der Waals surface area contributed by atoms with Gasteiger partial charge in [-0.1, -0.05) is 12.1 Å². The van der Waals surface area contributed by atoms with Crippen LogP contribution in [0.5, 0.6) is 5.75 Å². The molecule has 2 saturated heterocycles. The Bertz CT molecular complexity index is 503. The first-order chi connectivity index (χ1) is 11.2. The standard InChI is InChI=1S/C19H28N2O2/c1-23-18-8-4-14(5-9-18)3-2-10-20-19(22)13-15-11-16-6-7-17(12-15)21-16/h4-5,8-9,15-17,21H,2-3,6-7,10-13H2,1H3,(H,20,22). The molecule has 2 aliphatic heterocycles. The van der Waals surface area contributed by atoms with Gasteiger partial charge in [0.05, 0.1) is 7.11 Å². The molecule has 1 aromatic rings. The molecular weight excluding hydrogens is 288 g/mol. The van der Waals surface area contributed by atoms with Gasteiger partial charge < -0.3 is 15.4 Å². The maximum atomic E-state index is 12.1. The Hall–Kier alpha value is -1.55. The molecule has 2 atom stereocenters. The molecule has 1 aromatic carbocycles. The number of hydrogen-bond acceptors (Lipinski definition) is 3. The van der Waals surface area contributed by atoms with Gasteiger partial charge in [0.2, 0.25) is 5.91 Å². The van der Waals surface area contributed by atoms with Crippen molar-refractivity contribution in [1.82, 2.24) is 10.6 Å². The number of ether oxygens (including phenoxy) is 1. The van der Waals surface area contributed by atoms with Crippen LogP contribution in [0.4, 0.5) is 0 Å². The maximum Gasteiger partial charge on any atom is 0.220 e. The Balaban J connectivity index is 1.31. The Morgan fingerprint density at radius 1 is 1.22 bits per heavy atom. The first-order valence-corrected chi connectivity index (χ1v) is 8.88. The molecule has 0 aliphatic carbocycles. The van der Waals surface area contributed by atoms with Crippen LogP contribution in [0.1, 0.15) is 44.1 Å². The zero-order chi connectivity index (χ0) is 16.1. The number of methoxy groups -OCH3 is 1. The number of nitrogens with one attached hydrogen (secondary N) is 2. The Kier molecular flexibility index (Phi) is 5.55. The van der Waals surface area contributed by atoms with E-state index in [1.165, 1.54) is 31.2 Å². The van der Waals surface area contributed by atoms with Crippen molar-refractivity contribution in [3.63, 3.8) is 0 Å². The van der Waals surface area contributed by atoms with E-state index in [9.17, 15) is 4.79 Å². The highest BCUT2D eigenvalue weighted by Gasteiger charge is 2.33. The molecule has 3 rings (SSSR count). The van der Waals surface area contributed by atoms with Crippen LogP contribution in [0.2, 0.25) is 0 Å². The minimum atomic E-state index is 0.228. The number of rotatable bonds is 7. The fraction of sp³-hybridized carbons (Fsp3) is 0.632. The van der Waals surface area contributed by atoms with Crippen LogP contribution in [0, 0.1) is 5.92 Å². The van der Waals surface area contributed by atoms with Crippen LogP contribution in [-0.4, -0.2) is 31.6 Å². The van der Waals surface area contributed by atoms with Crippen molar-refractivity contribution in [3.05, 3.63) is 29.8 Å². The molecule has 0 radical (unpaired) electrons. The molecule has 2 heterocycles. The largest absolute Gasteiger partial charge is 0.497 e. The SMILES string of the molecule is COc1ccc(CCCNC(=O)CC2CC3CCC(C2)N3)cc1. The lowest BCUT2D eigenvalue weighted by Crippen LogP contribution is -2.39. The van der Waals surface area contributed by atoms with Crippen molar-refractivity contribution in [1.29, 1.82) is 0 Å². The number of benzene rings is 1. The van der Waals surface area contributed by atoms with Crippen molar-refractivity contribution < 1.29 is 9.53 Å². The molecular formula is C19H28N2O2. The Labute approximate surface area is 139 Å². The van der Waals surface area contributed by atoms with E-state index in [1.807, 2.05) is 12.1 Å². The Morgan fingerprint density at radius 2 is 1.91 bits per heavy atom. The molecule has 2 aliphatic rings. The summed E-state index contributed by atoms with van der Waals surface area (Å²) >= 11 is 0. The van der Waals surface area contributed by atoms with E-state index in [0.29, 0.717) is 24.4 Å². The predicted octanol–water partition coefficient (Wildman–Crippen LogP) is 2.66. The summed E-state index contributed by atoms with van der Waals surface area (Å²) in [5.74, 6) is 1.69. The summed E-state index contributed by atoms with van der Waals surface area (Å²) in [6.07, 6.45) is 7.62. The lowest BCUT2D eigenvalue weighted by atomic mass is 9.89. The lowest BCUT2D eigenvalue weighted by molar-refractivity contribution is -0.122. The van der Waals surface area contributed by atoms with Crippen LogP contribution < -0.4 is 15.4 Å². The number of piperidine rings is 1. The average Bonchev–Trinajstić information content (AvgIpc) is 2.91.